The molecule has 50 heavy (non-hydrogen) atoms. The second-order valence-corrected chi connectivity index (χ2v) is 9.80. The number of ether oxygens (including phenoxy) is 5. The summed E-state index contributed by atoms with van der Waals surface area (Å²) in [6, 6.07) is 14.9. The third kappa shape index (κ3) is 9.59. The zero-order valence-corrected chi connectivity index (χ0v) is 24.5. The predicted octanol–water partition coefficient (Wildman–Crippen LogP) is 8.75. The van der Waals surface area contributed by atoms with Crippen LogP contribution < -0.4 is 9.47 Å². The summed E-state index contributed by atoms with van der Waals surface area (Å²) < 4.78 is 217. The highest BCUT2D eigenvalue weighted by molar-refractivity contribution is 5.60. The molecule has 0 atom stereocenters. The van der Waals surface area contributed by atoms with Gasteiger partial charge in [0.05, 0.1) is 13.2 Å². The molecule has 22 heteroatoms. The van der Waals surface area contributed by atoms with Gasteiger partial charge in [-0.2, -0.15) is 65.9 Å². The van der Waals surface area contributed by atoms with Crippen LogP contribution in [0, 0.1) is 0 Å². The van der Waals surface area contributed by atoms with Crippen LogP contribution in [0.15, 0.2) is 67.0 Å². The van der Waals surface area contributed by atoms with Gasteiger partial charge < -0.3 is 14.2 Å². The Morgan fingerprint density at radius 1 is 0.560 bits per heavy atom. The van der Waals surface area contributed by atoms with E-state index in [-0.39, 0.29) is 31.1 Å². The maximum Gasteiger partial charge on any atom is 0.460 e. The molecule has 0 bridgehead atoms. The van der Waals surface area contributed by atoms with Gasteiger partial charge in [-0.25, -0.2) is 19.4 Å². The molecule has 1 heterocycles. The van der Waals surface area contributed by atoms with Crippen LogP contribution >= 0.6 is 0 Å². The molecule has 0 unspecified atom stereocenters. The molecule has 0 spiro atoms. The zero-order valence-electron chi connectivity index (χ0n) is 24.5. The maximum atomic E-state index is 13.8. The number of hydrogen-bond donors (Lipinski definition) is 0. The molecule has 3 aromatic rings. The van der Waals surface area contributed by atoms with Crippen molar-refractivity contribution in [2.75, 3.05) is 19.8 Å². The average molecular weight is 750 g/mol. The second-order valence-electron chi connectivity index (χ2n) is 9.80. The van der Waals surface area contributed by atoms with Crippen LogP contribution in [-0.2, 0) is 20.8 Å². The van der Waals surface area contributed by atoms with E-state index in [0.717, 1.165) is 5.56 Å². The number of rotatable bonds is 18. The molecule has 0 amide bonds. The first-order valence-corrected chi connectivity index (χ1v) is 13.5. The highest BCUT2D eigenvalue weighted by Crippen LogP contribution is 2.56. The topological polar surface area (TPSA) is 71.9 Å². The smallest absolute Gasteiger partial charge is 0.460 e. The number of aromatic nitrogens is 2. The average Bonchev–Trinajstić information content (AvgIpc) is 3.01. The molecule has 7 nitrogen and oxygen atoms in total. The SMILES string of the molecule is FC(F)(COCCCOc1ccc(-c2ncccn2)cc1OCc1ccccc1)OC(F)(F)C(F)(F)OC(F)(F)C(F)(F)C(F)(F)C(F)(F)F. The molecule has 0 aliphatic rings. The minimum atomic E-state index is -7.93. The highest BCUT2D eigenvalue weighted by Gasteiger charge is 2.85. The summed E-state index contributed by atoms with van der Waals surface area (Å²) in [6.45, 7) is -3.36. The van der Waals surface area contributed by atoms with E-state index in [2.05, 4.69) is 19.4 Å². The van der Waals surface area contributed by atoms with Crippen molar-refractivity contribution in [2.24, 2.45) is 0 Å². The van der Waals surface area contributed by atoms with E-state index < -0.39 is 55.7 Å². The van der Waals surface area contributed by atoms with Gasteiger partial charge in [-0.05, 0) is 29.8 Å². The van der Waals surface area contributed by atoms with Gasteiger partial charge in [0.2, 0.25) is 0 Å². The molecule has 0 radical (unpaired) electrons. The number of nitrogens with zero attached hydrogens (tertiary/aromatic N) is 2. The Balaban J connectivity index is 1.57. The fraction of sp³-hybridized carbons (Fsp3) is 0.429. The first-order chi connectivity index (χ1) is 22.9. The zero-order chi connectivity index (χ0) is 37.7. The molecule has 3 rings (SSSR count). The minimum absolute atomic E-state index is 0.0727. The first kappa shape index (κ1) is 40.4. The van der Waals surface area contributed by atoms with Gasteiger partial charge in [0.15, 0.2) is 17.3 Å². The summed E-state index contributed by atoms with van der Waals surface area (Å²) in [5.74, 6) is -15.1. The fourth-order valence-electron chi connectivity index (χ4n) is 3.52. The molecule has 0 aliphatic carbocycles. The summed E-state index contributed by atoms with van der Waals surface area (Å²) in [6.07, 6.45) is -32.5. The molecule has 0 N–H and O–H groups in total. The molecule has 0 aliphatic heterocycles. The number of alkyl halides is 15. The summed E-state index contributed by atoms with van der Waals surface area (Å²) in [7, 11) is 0. The van der Waals surface area contributed by atoms with Crippen LogP contribution in [0.5, 0.6) is 11.5 Å². The van der Waals surface area contributed by atoms with Gasteiger partial charge in [-0.1, -0.05) is 30.3 Å². The lowest BCUT2D eigenvalue weighted by Crippen LogP contribution is -2.64. The van der Waals surface area contributed by atoms with Crippen molar-refractivity contribution < 1.29 is 89.5 Å². The van der Waals surface area contributed by atoms with Gasteiger partial charge in [0.1, 0.15) is 13.2 Å². The van der Waals surface area contributed by atoms with Crippen molar-refractivity contribution in [3.8, 4) is 22.9 Å². The summed E-state index contributed by atoms with van der Waals surface area (Å²) >= 11 is 0. The van der Waals surface area contributed by atoms with Gasteiger partial charge in [0, 0.05) is 24.4 Å². The van der Waals surface area contributed by atoms with E-state index in [1.54, 1.807) is 47.2 Å². The standard InChI is InChI=1S/C28H21F15N2O5/c29-22(30,49-27(40,41)28(42,43)50-26(38,39)24(33,34)23(31,32)25(35,36)37)16-46-12-5-13-47-19-9-8-18(21-44-10-4-11-45-21)14-20(19)48-15-17-6-2-1-3-7-17/h1-4,6-11,14H,5,12-13,15-16H2. The van der Waals surface area contributed by atoms with Crippen LogP contribution in [0.25, 0.3) is 11.4 Å². The second kappa shape index (κ2) is 15.1. The number of benzene rings is 2. The Morgan fingerprint density at radius 3 is 1.76 bits per heavy atom. The van der Waals surface area contributed by atoms with Gasteiger partial charge >= 0.3 is 42.5 Å². The van der Waals surface area contributed by atoms with Crippen molar-refractivity contribution in [2.45, 2.75) is 55.5 Å². The lowest BCUT2D eigenvalue weighted by atomic mass is 10.1. The normalized spacial score (nSPS) is 13.7. The van der Waals surface area contributed by atoms with Crippen LogP contribution in [0.3, 0.4) is 0 Å². The monoisotopic (exact) mass is 750 g/mol. The minimum Gasteiger partial charge on any atom is -0.490 e. The summed E-state index contributed by atoms with van der Waals surface area (Å²) in [5.41, 5.74) is 1.27. The van der Waals surface area contributed by atoms with Crippen molar-refractivity contribution in [1.82, 2.24) is 9.97 Å². The van der Waals surface area contributed by atoms with Crippen LogP contribution in [0.4, 0.5) is 65.9 Å². The first-order valence-electron chi connectivity index (χ1n) is 13.5. The lowest BCUT2D eigenvalue weighted by Gasteiger charge is -2.36. The third-order valence-corrected chi connectivity index (χ3v) is 5.95. The van der Waals surface area contributed by atoms with E-state index in [0.29, 0.717) is 11.4 Å². The largest absolute Gasteiger partial charge is 0.490 e. The lowest BCUT2D eigenvalue weighted by molar-refractivity contribution is -0.543. The Bertz CT molecular complexity index is 1530. The van der Waals surface area contributed by atoms with E-state index in [1.165, 1.54) is 24.5 Å². The predicted molar refractivity (Wildman–Crippen MR) is 137 cm³/mol. The van der Waals surface area contributed by atoms with Crippen molar-refractivity contribution >= 4 is 0 Å². The van der Waals surface area contributed by atoms with Crippen molar-refractivity contribution in [1.29, 1.82) is 0 Å². The maximum absolute atomic E-state index is 13.8. The molecule has 278 valence electrons. The quantitative estimate of drug-likeness (QED) is 0.0952. The van der Waals surface area contributed by atoms with Crippen LogP contribution in [0.2, 0.25) is 0 Å². The van der Waals surface area contributed by atoms with Crippen LogP contribution in [-0.4, -0.2) is 72.2 Å². The van der Waals surface area contributed by atoms with Gasteiger partial charge in [-0.15, -0.1) is 0 Å². The van der Waals surface area contributed by atoms with Crippen molar-refractivity contribution in [3.63, 3.8) is 0 Å². The Kier molecular flexibility index (Phi) is 12.2. The molecule has 1 aromatic heterocycles. The fourth-order valence-corrected chi connectivity index (χ4v) is 3.52. The van der Waals surface area contributed by atoms with E-state index >= 15 is 0 Å². The Labute approximate surface area is 270 Å². The van der Waals surface area contributed by atoms with Crippen molar-refractivity contribution in [3.05, 3.63) is 72.6 Å². The van der Waals surface area contributed by atoms with E-state index in [9.17, 15) is 65.9 Å². The van der Waals surface area contributed by atoms with Gasteiger partial charge in [0.25, 0.3) is 0 Å². The molecule has 0 saturated heterocycles. The molecule has 2 aromatic carbocycles. The third-order valence-electron chi connectivity index (χ3n) is 5.95. The molecular weight excluding hydrogens is 729 g/mol. The highest BCUT2D eigenvalue weighted by atomic mass is 19.4. The molecule has 0 saturated carbocycles. The van der Waals surface area contributed by atoms with E-state index in [4.69, 9.17) is 9.47 Å². The Morgan fingerprint density at radius 2 is 1.16 bits per heavy atom. The summed E-state index contributed by atoms with van der Waals surface area (Å²) in [5, 5.41) is 0. The van der Waals surface area contributed by atoms with Crippen LogP contribution in [0.1, 0.15) is 12.0 Å². The van der Waals surface area contributed by atoms with Gasteiger partial charge in [-0.3, -0.25) is 0 Å². The van der Waals surface area contributed by atoms with E-state index in [1.807, 2.05) is 0 Å². The number of halogens is 15. The molecule has 0 fully saturated rings. The molecular formula is C28H21F15N2O5. The number of hydrogen-bond acceptors (Lipinski definition) is 7. The Hall–Kier alpha value is -4.05. The summed E-state index contributed by atoms with van der Waals surface area (Å²) in [4.78, 5) is 8.22.